The van der Waals surface area contributed by atoms with Gasteiger partial charge in [-0.3, -0.25) is 4.79 Å². The third kappa shape index (κ3) is 4.66. The highest BCUT2D eigenvalue weighted by molar-refractivity contribution is 8.18. The summed E-state index contributed by atoms with van der Waals surface area (Å²) in [5.74, 6) is 0.265. The van der Waals surface area contributed by atoms with Crippen molar-refractivity contribution in [1.29, 1.82) is 0 Å². The molecule has 4 rings (SSSR count). The van der Waals surface area contributed by atoms with E-state index in [0.29, 0.717) is 27.1 Å². The van der Waals surface area contributed by atoms with Crippen molar-refractivity contribution < 1.29 is 22.4 Å². The van der Waals surface area contributed by atoms with Crippen molar-refractivity contribution in [2.45, 2.75) is 6.18 Å². The van der Waals surface area contributed by atoms with Gasteiger partial charge in [0.05, 0.1) is 31.8 Å². The van der Waals surface area contributed by atoms with Crippen LogP contribution in [-0.2, 0) is 11.0 Å². The number of thioether (sulfide) groups is 1. The number of aliphatic imine (C=N–C) groups is 1. The van der Waals surface area contributed by atoms with Crippen molar-refractivity contribution in [2.24, 2.45) is 4.99 Å². The van der Waals surface area contributed by atoms with Crippen molar-refractivity contribution in [1.82, 2.24) is 5.32 Å². The average Bonchev–Trinajstić information content (AvgIpc) is 3.28. The number of para-hydroxylation sites is 1. The van der Waals surface area contributed by atoms with E-state index >= 15 is 0 Å². The van der Waals surface area contributed by atoms with Gasteiger partial charge < -0.3 is 9.73 Å². The quantitative estimate of drug-likeness (QED) is 0.402. The van der Waals surface area contributed by atoms with Gasteiger partial charge in [0.1, 0.15) is 11.5 Å². The number of rotatable bonds is 3. The van der Waals surface area contributed by atoms with Crippen molar-refractivity contribution >= 4 is 57.8 Å². The fourth-order valence-electron chi connectivity index (χ4n) is 2.83. The summed E-state index contributed by atoms with van der Waals surface area (Å²) in [4.78, 5) is 16.4. The fourth-order valence-corrected chi connectivity index (χ4v) is 4.23. The molecule has 1 saturated heterocycles. The van der Waals surface area contributed by atoms with Crippen LogP contribution in [0.25, 0.3) is 17.4 Å². The van der Waals surface area contributed by atoms with E-state index in [0.717, 1.165) is 17.8 Å². The molecular formula is C21H11Cl2F3N2O2S. The number of benzene rings is 2. The zero-order chi connectivity index (χ0) is 22.2. The number of amidine groups is 1. The first kappa shape index (κ1) is 21.5. The Morgan fingerprint density at radius 2 is 1.71 bits per heavy atom. The Bertz CT molecular complexity index is 1220. The van der Waals surface area contributed by atoms with E-state index in [-0.39, 0.29) is 15.8 Å². The minimum Gasteiger partial charge on any atom is -0.457 e. The lowest BCUT2D eigenvalue weighted by Gasteiger charge is -2.09. The van der Waals surface area contributed by atoms with E-state index < -0.39 is 17.6 Å². The molecule has 1 aliphatic rings. The first-order valence-corrected chi connectivity index (χ1v) is 10.3. The summed E-state index contributed by atoms with van der Waals surface area (Å²) in [6, 6.07) is 13.2. The van der Waals surface area contributed by atoms with Crippen molar-refractivity contribution in [3.05, 3.63) is 80.9 Å². The Balaban J connectivity index is 1.60. The van der Waals surface area contributed by atoms with Gasteiger partial charge in [-0.25, -0.2) is 4.99 Å². The topological polar surface area (TPSA) is 54.6 Å². The van der Waals surface area contributed by atoms with Gasteiger partial charge in [-0.15, -0.1) is 0 Å². The summed E-state index contributed by atoms with van der Waals surface area (Å²) < 4.78 is 45.2. The molecule has 158 valence electrons. The van der Waals surface area contributed by atoms with E-state index in [4.69, 9.17) is 27.6 Å². The van der Waals surface area contributed by atoms with Crippen LogP contribution in [-0.4, -0.2) is 11.1 Å². The van der Waals surface area contributed by atoms with Crippen LogP contribution >= 0.6 is 35.0 Å². The fraction of sp³-hybridized carbons (Fsp3) is 0.0476. The molecule has 1 N–H and O–H groups in total. The second kappa shape index (κ2) is 8.45. The molecule has 0 saturated carbocycles. The van der Waals surface area contributed by atoms with Gasteiger partial charge in [0.15, 0.2) is 5.17 Å². The second-order valence-electron chi connectivity index (χ2n) is 6.30. The number of nitrogens with one attached hydrogen (secondary N) is 1. The van der Waals surface area contributed by atoms with E-state index in [9.17, 15) is 18.0 Å². The number of carbonyl (C=O) groups excluding carboxylic acids is 1. The average molecular weight is 483 g/mol. The summed E-state index contributed by atoms with van der Waals surface area (Å²) in [6.45, 7) is 0. The number of alkyl halides is 3. The number of carbonyl (C=O) groups is 1. The molecule has 3 aromatic rings. The van der Waals surface area contributed by atoms with E-state index in [1.54, 1.807) is 30.3 Å². The van der Waals surface area contributed by atoms with Crippen LogP contribution in [0.15, 0.2) is 68.9 Å². The Morgan fingerprint density at radius 3 is 2.42 bits per heavy atom. The maximum Gasteiger partial charge on any atom is 0.418 e. The number of nitrogens with zero attached hydrogens (tertiary/aromatic N) is 1. The van der Waals surface area contributed by atoms with E-state index in [1.165, 1.54) is 24.3 Å². The monoisotopic (exact) mass is 482 g/mol. The van der Waals surface area contributed by atoms with Crippen LogP contribution in [0.3, 0.4) is 0 Å². The largest absolute Gasteiger partial charge is 0.457 e. The Hall–Kier alpha value is -2.68. The Kier molecular flexibility index (Phi) is 5.88. The molecule has 1 aliphatic heterocycles. The second-order valence-corrected chi connectivity index (χ2v) is 8.14. The molecule has 31 heavy (non-hydrogen) atoms. The van der Waals surface area contributed by atoms with Crippen molar-refractivity contribution in [2.75, 3.05) is 0 Å². The van der Waals surface area contributed by atoms with Crippen LogP contribution in [0.4, 0.5) is 18.9 Å². The number of halogens is 5. The maximum atomic E-state index is 13.2. The molecule has 2 aromatic carbocycles. The molecule has 0 radical (unpaired) electrons. The molecule has 1 aromatic heterocycles. The smallest absolute Gasteiger partial charge is 0.418 e. The molecule has 0 spiro atoms. The molecular weight excluding hydrogens is 472 g/mol. The summed E-state index contributed by atoms with van der Waals surface area (Å²) in [5, 5.41) is 3.32. The predicted molar refractivity (Wildman–Crippen MR) is 116 cm³/mol. The summed E-state index contributed by atoms with van der Waals surface area (Å²) in [6.07, 6.45) is -3.09. The minimum atomic E-state index is -4.56. The van der Waals surface area contributed by atoms with Gasteiger partial charge in [0, 0.05) is 6.08 Å². The molecule has 0 atom stereocenters. The minimum absolute atomic E-state index is 0.0360. The van der Waals surface area contributed by atoms with Crippen LogP contribution in [0, 0.1) is 0 Å². The van der Waals surface area contributed by atoms with Crippen LogP contribution in [0.5, 0.6) is 0 Å². The standard InChI is InChI=1S/C21H11Cl2F3N2O2S/c22-13-5-3-6-14(23)18(13)16-9-8-11(30-16)10-17-19(29)28-20(31-17)27-15-7-2-1-4-12(15)21(24,25)26/h1-10H,(H,27,28,29). The first-order chi connectivity index (χ1) is 14.7. The molecule has 1 amide bonds. The van der Waals surface area contributed by atoms with Crippen LogP contribution in [0.2, 0.25) is 10.0 Å². The van der Waals surface area contributed by atoms with E-state index in [2.05, 4.69) is 10.3 Å². The van der Waals surface area contributed by atoms with Gasteiger partial charge in [-0.1, -0.05) is 41.4 Å². The van der Waals surface area contributed by atoms with E-state index in [1.807, 2.05) is 0 Å². The predicted octanol–water partition coefficient (Wildman–Crippen LogP) is 7.16. The lowest BCUT2D eigenvalue weighted by molar-refractivity contribution is -0.137. The molecule has 0 aliphatic carbocycles. The molecule has 4 nitrogen and oxygen atoms in total. The maximum absolute atomic E-state index is 13.2. The van der Waals surface area contributed by atoms with Gasteiger partial charge in [0.2, 0.25) is 0 Å². The van der Waals surface area contributed by atoms with Gasteiger partial charge in [-0.05, 0) is 48.2 Å². The van der Waals surface area contributed by atoms with Crippen molar-refractivity contribution in [3.63, 3.8) is 0 Å². The third-order valence-electron chi connectivity index (χ3n) is 4.19. The third-order valence-corrected chi connectivity index (χ3v) is 5.73. The molecule has 10 heteroatoms. The highest BCUT2D eigenvalue weighted by Crippen LogP contribution is 2.38. The first-order valence-electron chi connectivity index (χ1n) is 8.72. The SMILES string of the molecule is O=C1NC(=Nc2ccccc2C(F)(F)F)SC1=Cc1ccc(-c2c(Cl)cccc2Cl)o1. The number of amides is 1. The van der Waals surface area contributed by atoms with Crippen LogP contribution < -0.4 is 5.32 Å². The lowest BCUT2D eigenvalue weighted by Crippen LogP contribution is -2.19. The summed E-state index contributed by atoms with van der Waals surface area (Å²) >= 11 is 13.3. The van der Waals surface area contributed by atoms with Gasteiger partial charge in [0.25, 0.3) is 5.91 Å². The Labute approximate surface area is 188 Å². The molecule has 2 heterocycles. The highest BCUT2D eigenvalue weighted by atomic mass is 35.5. The summed E-state index contributed by atoms with van der Waals surface area (Å²) in [5.41, 5.74) is -0.653. The van der Waals surface area contributed by atoms with Crippen molar-refractivity contribution in [3.8, 4) is 11.3 Å². The number of hydrogen-bond acceptors (Lipinski definition) is 4. The van der Waals surface area contributed by atoms with Gasteiger partial charge in [-0.2, -0.15) is 13.2 Å². The Morgan fingerprint density at radius 1 is 1.00 bits per heavy atom. The zero-order valence-electron chi connectivity index (χ0n) is 15.3. The highest BCUT2D eigenvalue weighted by Gasteiger charge is 2.34. The summed E-state index contributed by atoms with van der Waals surface area (Å²) in [7, 11) is 0. The van der Waals surface area contributed by atoms with Crippen LogP contribution in [0.1, 0.15) is 11.3 Å². The lowest BCUT2D eigenvalue weighted by atomic mass is 10.2. The van der Waals surface area contributed by atoms with Gasteiger partial charge >= 0.3 is 6.18 Å². The number of furan rings is 1. The normalized spacial score (nSPS) is 16.9. The zero-order valence-corrected chi connectivity index (χ0v) is 17.7. The molecule has 0 bridgehead atoms. The molecule has 0 unspecified atom stereocenters. The number of hydrogen-bond donors (Lipinski definition) is 1. The molecule has 1 fully saturated rings.